The average molecular weight is 445 g/mol. The fourth-order valence-electron chi connectivity index (χ4n) is 4.44. The van der Waals surface area contributed by atoms with E-state index in [-0.39, 0.29) is 0 Å². The molecule has 0 heterocycles. The minimum absolute atomic E-state index is 0.708. The van der Waals surface area contributed by atoms with Crippen LogP contribution in [0.1, 0.15) is 125 Å². The first-order valence-corrected chi connectivity index (χ1v) is 19.0. The fraction of sp³-hybridized carbons (Fsp3) is 1.00. The van der Waals surface area contributed by atoms with Crippen molar-refractivity contribution in [1.29, 1.82) is 0 Å². The van der Waals surface area contributed by atoms with Crippen molar-refractivity contribution < 1.29 is 0 Å². The maximum atomic E-state index is 2.67. The summed E-state index contributed by atoms with van der Waals surface area (Å²) in [6, 6.07) is 0. The van der Waals surface area contributed by atoms with E-state index in [1.54, 1.807) is 32.6 Å². The molecular weight excluding hydrogens is 395 g/mol. The Morgan fingerprint density at radius 3 is 1.08 bits per heavy atom. The van der Waals surface area contributed by atoms with Gasteiger partial charge >= 0.3 is 160 Å². The van der Waals surface area contributed by atoms with E-state index < -0.39 is 18.4 Å². The van der Waals surface area contributed by atoms with E-state index in [9.17, 15) is 0 Å². The summed E-state index contributed by atoms with van der Waals surface area (Å²) in [7, 11) is 0. The van der Waals surface area contributed by atoms with E-state index in [1.165, 1.54) is 64.2 Å². The van der Waals surface area contributed by atoms with Gasteiger partial charge in [0.2, 0.25) is 0 Å². The third kappa shape index (κ3) is 9.48. The SMILES string of the molecule is CCCCC[CH2][Sn]([CH2]CCCCC)([CH2]CCCCC)[C](C)(C)CC. The van der Waals surface area contributed by atoms with Gasteiger partial charge in [0.15, 0.2) is 0 Å². The molecule has 0 unspecified atom stereocenters. The molecule has 0 fully saturated rings. The predicted octanol–water partition coefficient (Wildman–Crippen LogP) is 9.37. The molecule has 1 heteroatoms. The molecule has 0 atom stereocenters. The Balaban J connectivity index is 4.93. The van der Waals surface area contributed by atoms with Gasteiger partial charge in [0.1, 0.15) is 0 Å². The van der Waals surface area contributed by atoms with Crippen LogP contribution < -0.4 is 0 Å². The number of unbranched alkanes of at least 4 members (excludes halogenated alkanes) is 9. The molecule has 24 heavy (non-hydrogen) atoms. The Hall–Kier alpha value is 0.799. The molecule has 0 aliphatic heterocycles. The van der Waals surface area contributed by atoms with Crippen molar-refractivity contribution in [3.8, 4) is 0 Å². The zero-order chi connectivity index (χ0) is 18.3. The van der Waals surface area contributed by atoms with E-state index >= 15 is 0 Å². The average Bonchev–Trinajstić information content (AvgIpc) is 2.58. The van der Waals surface area contributed by atoms with Crippen molar-refractivity contribution in [3.05, 3.63) is 0 Å². The van der Waals surface area contributed by atoms with E-state index in [1.807, 2.05) is 0 Å². The predicted molar refractivity (Wildman–Crippen MR) is 117 cm³/mol. The van der Waals surface area contributed by atoms with Crippen LogP contribution in [0.3, 0.4) is 0 Å². The third-order valence-electron chi connectivity index (χ3n) is 6.85. The van der Waals surface area contributed by atoms with Gasteiger partial charge in [-0.2, -0.15) is 0 Å². The molecule has 0 aromatic carbocycles. The number of hydrogen-bond acceptors (Lipinski definition) is 0. The molecular formula is C23H50Sn. The molecule has 0 radical (unpaired) electrons. The quantitative estimate of drug-likeness (QED) is 0.155. The molecule has 0 aromatic rings. The summed E-state index contributed by atoms with van der Waals surface area (Å²) in [6.07, 6.45) is 19.1. The van der Waals surface area contributed by atoms with Gasteiger partial charge in [0.25, 0.3) is 0 Å². The standard InChI is InChI=1S/3C6H13.C5H11.Sn/c3*1-3-5-6-4-2;1-4-5(2)3;/h3*1,3-6H2,2H3;4H2,1-3H3;. The van der Waals surface area contributed by atoms with Gasteiger partial charge in [-0.15, -0.1) is 0 Å². The van der Waals surface area contributed by atoms with Gasteiger partial charge < -0.3 is 0 Å². The normalized spacial score (nSPS) is 12.8. The maximum absolute atomic E-state index is 2.67. The van der Waals surface area contributed by atoms with Crippen LogP contribution >= 0.6 is 0 Å². The Morgan fingerprint density at radius 1 is 0.500 bits per heavy atom. The van der Waals surface area contributed by atoms with Crippen LogP contribution in [-0.2, 0) is 0 Å². The van der Waals surface area contributed by atoms with Crippen LogP contribution in [-0.4, -0.2) is 18.4 Å². The van der Waals surface area contributed by atoms with E-state index in [0.29, 0.717) is 3.43 Å². The molecule has 0 aliphatic carbocycles. The Kier molecular flexibility index (Phi) is 15.4. The monoisotopic (exact) mass is 446 g/mol. The molecule has 0 aromatic heterocycles. The van der Waals surface area contributed by atoms with Crippen molar-refractivity contribution in [2.75, 3.05) is 0 Å². The van der Waals surface area contributed by atoms with Gasteiger partial charge in [-0.1, -0.05) is 0 Å². The molecule has 0 saturated carbocycles. The van der Waals surface area contributed by atoms with E-state index in [2.05, 4.69) is 41.5 Å². The summed E-state index contributed by atoms with van der Waals surface area (Å²) in [5.74, 6) is 0. The van der Waals surface area contributed by atoms with Crippen LogP contribution in [0.4, 0.5) is 0 Å². The van der Waals surface area contributed by atoms with Crippen LogP contribution in [0, 0.1) is 0 Å². The number of rotatable bonds is 17. The topological polar surface area (TPSA) is 0 Å². The molecule has 146 valence electrons. The molecule has 0 aliphatic rings. The van der Waals surface area contributed by atoms with Crippen molar-refractivity contribution in [2.24, 2.45) is 0 Å². The zero-order valence-electron chi connectivity index (χ0n) is 18.3. The second-order valence-electron chi connectivity index (χ2n) is 8.95. The van der Waals surface area contributed by atoms with Crippen molar-refractivity contribution >= 4 is 18.4 Å². The Labute approximate surface area is 159 Å². The van der Waals surface area contributed by atoms with Crippen LogP contribution in [0.2, 0.25) is 16.7 Å². The van der Waals surface area contributed by atoms with Gasteiger partial charge in [-0.05, 0) is 0 Å². The summed E-state index contributed by atoms with van der Waals surface area (Å²) >= 11 is -2.08. The summed E-state index contributed by atoms with van der Waals surface area (Å²) in [5, 5.41) is 0. The van der Waals surface area contributed by atoms with Crippen molar-refractivity contribution in [2.45, 2.75) is 142 Å². The van der Waals surface area contributed by atoms with Crippen LogP contribution in [0.15, 0.2) is 0 Å². The third-order valence-corrected chi connectivity index (χ3v) is 27.3. The summed E-state index contributed by atoms with van der Waals surface area (Å²) in [4.78, 5) is 0. The van der Waals surface area contributed by atoms with E-state index in [4.69, 9.17) is 0 Å². The van der Waals surface area contributed by atoms with Crippen LogP contribution in [0.5, 0.6) is 0 Å². The summed E-state index contributed by atoms with van der Waals surface area (Å²) < 4.78 is 5.77. The molecule has 0 rings (SSSR count). The number of hydrogen-bond donors (Lipinski definition) is 0. The molecule has 0 spiro atoms. The minimum atomic E-state index is -2.08. The zero-order valence-corrected chi connectivity index (χ0v) is 21.2. The Bertz CT molecular complexity index is 238. The molecule has 0 N–H and O–H groups in total. The summed E-state index contributed by atoms with van der Waals surface area (Å²) in [6.45, 7) is 14.9. The van der Waals surface area contributed by atoms with Gasteiger partial charge in [-0.25, -0.2) is 0 Å². The second-order valence-corrected chi connectivity index (χ2v) is 24.4. The molecule has 0 bridgehead atoms. The van der Waals surface area contributed by atoms with Crippen molar-refractivity contribution in [3.63, 3.8) is 0 Å². The van der Waals surface area contributed by atoms with Crippen LogP contribution in [0.25, 0.3) is 0 Å². The van der Waals surface area contributed by atoms with Crippen molar-refractivity contribution in [1.82, 2.24) is 0 Å². The van der Waals surface area contributed by atoms with Gasteiger partial charge in [-0.3, -0.25) is 0 Å². The second kappa shape index (κ2) is 14.9. The first-order valence-electron chi connectivity index (χ1n) is 11.5. The van der Waals surface area contributed by atoms with Gasteiger partial charge in [0, 0.05) is 0 Å². The Morgan fingerprint density at radius 2 is 0.833 bits per heavy atom. The molecule has 0 nitrogen and oxygen atoms in total. The molecule has 0 saturated heterocycles. The first kappa shape index (κ1) is 24.8. The van der Waals surface area contributed by atoms with E-state index in [0.717, 1.165) is 0 Å². The fourth-order valence-corrected chi connectivity index (χ4v) is 22.4. The van der Waals surface area contributed by atoms with Gasteiger partial charge in [0.05, 0.1) is 0 Å². The molecule has 0 amide bonds. The first-order chi connectivity index (χ1) is 11.5. The summed E-state index contributed by atoms with van der Waals surface area (Å²) in [5.41, 5.74) is 0.